The number of nitrogens with one attached hydrogen (secondary N) is 1. The Labute approximate surface area is 120 Å². The molecule has 1 atom stereocenters. The molecule has 0 heterocycles. The van der Waals surface area contributed by atoms with E-state index in [1.165, 1.54) is 18.4 Å². The van der Waals surface area contributed by atoms with Crippen LogP contribution in [0.25, 0.3) is 0 Å². The smallest absolute Gasteiger partial charge is 0.244 e. The van der Waals surface area contributed by atoms with Gasteiger partial charge in [0.1, 0.15) is 4.90 Å². The van der Waals surface area contributed by atoms with Crippen LogP contribution >= 0.6 is 11.6 Å². The molecule has 0 aliphatic rings. The highest BCUT2D eigenvalue weighted by Crippen LogP contribution is 2.25. The second kappa shape index (κ2) is 6.59. The standard InChI is InChI=1S/C13H21ClN2O2S/c1-10(2)12(9-14)15-11-7-5-6-8-13(11)19(17,18)16(3)4/h5-8,10,12,15H,9H2,1-4H3. The van der Waals surface area contributed by atoms with Gasteiger partial charge >= 0.3 is 0 Å². The molecule has 1 aromatic rings. The van der Waals surface area contributed by atoms with Crippen molar-refractivity contribution in [3.63, 3.8) is 0 Å². The van der Waals surface area contributed by atoms with Crippen LogP contribution in [-0.4, -0.2) is 38.7 Å². The van der Waals surface area contributed by atoms with Gasteiger partial charge in [-0.15, -0.1) is 11.6 Å². The van der Waals surface area contributed by atoms with Crippen LogP contribution in [0.3, 0.4) is 0 Å². The Morgan fingerprint density at radius 2 is 1.84 bits per heavy atom. The molecule has 0 amide bonds. The van der Waals surface area contributed by atoms with Crippen molar-refractivity contribution in [2.24, 2.45) is 5.92 Å². The molecule has 1 aromatic carbocycles. The predicted octanol–water partition coefficient (Wildman–Crippen LogP) is 2.61. The number of hydrogen-bond acceptors (Lipinski definition) is 3. The van der Waals surface area contributed by atoms with E-state index in [4.69, 9.17) is 11.6 Å². The van der Waals surface area contributed by atoms with Crippen LogP contribution in [-0.2, 0) is 10.0 Å². The number of benzene rings is 1. The van der Waals surface area contributed by atoms with Gasteiger partial charge in [0.25, 0.3) is 0 Å². The summed E-state index contributed by atoms with van der Waals surface area (Å²) in [7, 11) is -0.417. The number of halogens is 1. The molecule has 0 saturated heterocycles. The summed E-state index contributed by atoms with van der Waals surface area (Å²) in [5, 5.41) is 3.22. The van der Waals surface area contributed by atoms with Crippen molar-refractivity contribution in [1.82, 2.24) is 4.31 Å². The first-order valence-electron chi connectivity index (χ1n) is 6.14. The summed E-state index contributed by atoms with van der Waals surface area (Å²) in [6, 6.07) is 6.91. The van der Waals surface area contributed by atoms with E-state index in [0.29, 0.717) is 17.5 Å². The lowest BCUT2D eigenvalue weighted by atomic mass is 10.1. The number of rotatable bonds is 6. The maximum Gasteiger partial charge on any atom is 0.244 e. The highest BCUT2D eigenvalue weighted by Gasteiger charge is 2.22. The minimum atomic E-state index is -3.46. The summed E-state index contributed by atoms with van der Waals surface area (Å²) in [5.41, 5.74) is 0.593. The number of para-hydroxylation sites is 1. The molecule has 6 heteroatoms. The van der Waals surface area contributed by atoms with Crippen molar-refractivity contribution >= 4 is 27.3 Å². The van der Waals surface area contributed by atoms with Crippen molar-refractivity contribution in [2.45, 2.75) is 24.8 Å². The van der Waals surface area contributed by atoms with Gasteiger partial charge in [-0.3, -0.25) is 0 Å². The number of anilines is 1. The number of alkyl halides is 1. The first-order valence-corrected chi connectivity index (χ1v) is 8.12. The van der Waals surface area contributed by atoms with E-state index in [1.807, 2.05) is 19.9 Å². The van der Waals surface area contributed by atoms with Gasteiger partial charge < -0.3 is 5.32 Å². The lowest BCUT2D eigenvalue weighted by Crippen LogP contribution is -2.29. The van der Waals surface area contributed by atoms with E-state index in [0.717, 1.165) is 0 Å². The highest BCUT2D eigenvalue weighted by atomic mass is 35.5. The molecule has 0 saturated carbocycles. The monoisotopic (exact) mass is 304 g/mol. The lowest BCUT2D eigenvalue weighted by Gasteiger charge is -2.23. The molecule has 0 aromatic heterocycles. The molecule has 0 radical (unpaired) electrons. The topological polar surface area (TPSA) is 49.4 Å². The van der Waals surface area contributed by atoms with Crippen molar-refractivity contribution in [2.75, 3.05) is 25.3 Å². The van der Waals surface area contributed by atoms with Crippen molar-refractivity contribution in [3.05, 3.63) is 24.3 Å². The molecule has 4 nitrogen and oxygen atoms in total. The van der Waals surface area contributed by atoms with E-state index in [-0.39, 0.29) is 10.9 Å². The summed E-state index contributed by atoms with van der Waals surface area (Å²) < 4.78 is 25.7. The van der Waals surface area contributed by atoms with Gasteiger partial charge in [0.15, 0.2) is 0 Å². The molecule has 1 N–H and O–H groups in total. The summed E-state index contributed by atoms with van der Waals surface area (Å²) in [6.07, 6.45) is 0. The lowest BCUT2D eigenvalue weighted by molar-refractivity contribution is 0.520. The zero-order valence-corrected chi connectivity index (χ0v) is 13.3. The Morgan fingerprint density at radius 1 is 1.26 bits per heavy atom. The van der Waals surface area contributed by atoms with Crippen molar-refractivity contribution < 1.29 is 8.42 Å². The second-order valence-electron chi connectivity index (χ2n) is 4.93. The maximum atomic E-state index is 12.2. The van der Waals surface area contributed by atoms with Crippen LogP contribution in [0, 0.1) is 5.92 Å². The molecule has 0 aliphatic carbocycles. The molecule has 108 valence electrons. The van der Waals surface area contributed by atoms with Gasteiger partial charge in [0, 0.05) is 26.0 Å². The Balaban J connectivity index is 3.17. The summed E-state index contributed by atoms with van der Waals surface area (Å²) in [6.45, 7) is 4.09. The first-order chi connectivity index (χ1) is 8.80. The zero-order valence-electron chi connectivity index (χ0n) is 11.7. The fourth-order valence-electron chi connectivity index (χ4n) is 1.59. The third kappa shape index (κ3) is 3.84. The van der Waals surface area contributed by atoms with Gasteiger partial charge in [-0.2, -0.15) is 0 Å². The summed E-state index contributed by atoms with van der Waals surface area (Å²) in [5.74, 6) is 0.737. The summed E-state index contributed by atoms with van der Waals surface area (Å²) in [4.78, 5) is 0.274. The van der Waals surface area contributed by atoms with Crippen LogP contribution in [0.5, 0.6) is 0 Å². The molecule has 0 aliphatic heterocycles. The van der Waals surface area contributed by atoms with Crippen LogP contribution in [0.2, 0.25) is 0 Å². The van der Waals surface area contributed by atoms with Gasteiger partial charge in [-0.1, -0.05) is 26.0 Å². The average molecular weight is 305 g/mol. The Bertz CT molecular complexity index is 515. The van der Waals surface area contributed by atoms with Crippen LogP contribution < -0.4 is 5.32 Å². The van der Waals surface area contributed by atoms with Gasteiger partial charge in [0.05, 0.1) is 5.69 Å². The minimum absolute atomic E-state index is 0.0279. The third-order valence-corrected chi connectivity index (χ3v) is 5.16. The van der Waals surface area contributed by atoms with Crippen LogP contribution in [0.4, 0.5) is 5.69 Å². The predicted molar refractivity (Wildman–Crippen MR) is 80.3 cm³/mol. The van der Waals surface area contributed by atoms with E-state index in [2.05, 4.69) is 5.32 Å². The molecular weight excluding hydrogens is 284 g/mol. The first kappa shape index (κ1) is 16.3. The maximum absolute atomic E-state index is 12.2. The largest absolute Gasteiger partial charge is 0.380 e. The highest BCUT2D eigenvalue weighted by molar-refractivity contribution is 7.89. The number of sulfonamides is 1. The average Bonchev–Trinajstić information content (AvgIpc) is 2.35. The quantitative estimate of drug-likeness (QED) is 0.822. The molecule has 1 rings (SSSR count). The normalized spacial score (nSPS) is 13.8. The van der Waals surface area contributed by atoms with E-state index >= 15 is 0 Å². The van der Waals surface area contributed by atoms with Gasteiger partial charge in [-0.05, 0) is 18.1 Å². The number of hydrogen-bond donors (Lipinski definition) is 1. The van der Waals surface area contributed by atoms with E-state index in [9.17, 15) is 8.42 Å². The number of nitrogens with zero attached hydrogens (tertiary/aromatic N) is 1. The molecular formula is C13H21ClN2O2S. The Hall–Kier alpha value is -0.780. The van der Waals surface area contributed by atoms with Crippen LogP contribution in [0.15, 0.2) is 29.2 Å². The van der Waals surface area contributed by atoms with E-state index < -0.39 is 10.0 Å². The molecule has 0 fully saturated rings. The molecule has 0 spiro atoms. The van der Waals surface area contributed by atoms with Crippen molar-refractivity contribution in [1.29, 1.82) is 0 Å². The SMILES string of the molecule is CC(C)C(CCl)Nc1ccccc1S(=O)(=O)N(C)C. The van der Waals surface area contributed by atoms with Crippen molar-refractivity contribution in [3.8, 4) is 0 Å². The van der Waals surface area contributed by atoms with Gasteiger partial charge in [0.2, 0.25) is 10.0 Å². The second-order valence-corrected chi connectivity index (χ2v) is 7.36. The minimum Gasteiger partial charge on any atom is -0.380 e. The summed E-state index contributed by atoms with van der Waals surface area (Å²) >= 11 is 5.92. The zero-order chi connectivity index (χ0) is 14.6. The fraction of sp³-hybridized carbons (Fsp3) is 0.538. The van der Waals surface area contributed by atoms with E-state index in [1.54, 1.807) is 18.2 Å². The Kier molecular flexibility index (Phi) is 5.64. The molecule has 1 unspecified atom stereocenters. The Morgan fingerprint density at radius 3 is 2.32 bits per heavy atom. The fourth-order valence-corrected chi connectivity index (χ4v) is 3.07. The molecule has 19 heavy (non-hydrogen) atoms. The third-order valence-electron chi connectivity index (χ3n) is 2.96. The van der Waals surface area contributed by atoms with Crippen LogP contribution in [0.1, 0.15) is 13.8 Å². The molecule has 0 bridgehead atoms. The van der Waals surface area contributed by atoms with Gasteiger partial charge in [-0.25, -0.2) is 12.7 Å².